The van der Waals surface area contributed by atoms with E-state index < -0.39 is 27.6 Å². The summed E-state index contributed by atoms with van der Waals surface area (Å²) in [6, 6.07) is 5.85. The molecule has 7 heteroatoms. The molecule has 0 aromatic heterocycles. The second kappa shape index (κ2) is 6.48. The standard InChI is InChI=1S/C15H19NO5S/c1-2-22(20,21)13-6-4-3-5-12(13)14(17)16-11-8-7-10(9-11)15(18)19/h3-6,10-11H,2,7-9H2,1H3,(H,16,17)(H,18,19)/t10-,11+/m1/s1. The van der Waals surface area contributed by atoms with E-state index in [0.717, 1.165) is 0 Å². The van der Waals surface area contributed by atoms with E-state index in [0.29, 0.717) is 19.3 Å². The summed E-state index contributed by atoms with van der Waals surface area (Å²) in [7, 11) is -3.49. The number of aliphatic carboxylic acids is 1. The number of carbonyl (C=O) groups is 2. The highest BCUT2D eigenvalue weighted by molar-refractivity contribution is 7.91. The van der Waals surface area contributed by atoms with Gasteiger partial charge in [-0.15, -0.1) is 0 Å². The fourth-order valence-corrected chi connectivity index (χ4v) is 3.77. The van der Waals surface area contributed by atoms with Gasteiger partial charge in [0.05, 0.1) is 22.1 Å². The quantitative estimate of drug-likeness (QED) is 0.853. The summed E-state index contributed by atoms with van der Waals surface area (Å²) in [5.74, 6) is -1.85. The van der Waals surface area contributed by atoms with Gasteiger partial charge in [0.2, 0.25) is 0 Å². The lowest BCUT2D eigenvalue weighted by atomic mass is 10.1. The second-order valence-corrected chi connectivity index (χ2v) is 7.66. The molecule has 0 radical (unpaired) electrons. The van der Waals surface area contributed by atoms with E-state index in [4.69, 9.17) is 5.11 Å². The van der Waals surface area contributed by atoms with E-state index in [9.17, 15) is 18.0 Å². The molecule has 2 atom stereocenters. The van der Waals surface area contributed by atoms with Gasteiger partial charge < -0.3 is 10.4 Å². The molecule has 1 aromatic carbocycles. The molecule has 1 amide bonds. The lowest BCUT2D eigenvalue weighted by molar-refractivity contribution is -0.141. The first-order chi connectivity index (χ1) is 10.3. The Hall–Kier alpha value is -1.89. The van der Waals surface area contributed by atoms with Crippen molar-refractivity contribution >= 4 is 21.7 Å². The van der Waals surface area contributed by atoms with Gasteiger partial charge in [0.1, 0.15) is 0 Å². The van der Waals surface area contributed by atoms with Gasteiger partial charge in [0.25, 0.3) is 5.91 Å². The van der Waals surface area contributed by atoms with Crippen LogP contribution in [0.5, 0.6) is 0 Å². The molecule has 0 heterocycles. The van der Waals surface area contributed by atoms with Crippen LogP contribution in [-0.4, -0.2) is 37.2 Å². The van der Waals surface area contributed by atoms with Crippen LogP contribution in [0.4, 0.5) is 0 Å². The molecular weight excluding hydrogens is 306 g/mol. The highest BCUT2D eigenvalue weighted by Gasteiger charge is 2.31. The van der Waals surface area contributed by atoms with Crippen LogP contribution in [0.1, 0.15) is 36.5 Å². The molecule has 1 fully saturated rings. The van der Waals surface area contributed by atoms with Gasteiger partial charge in [-0.2, -0.15) is 0 Å². The second-order valence-electron chi connectivity index (χ2n) is 5.42. The number of amides is 1. The molecule has 22 heavy (non-hydrogen) atoms. The first kappa shape index (κ1) is 16.5. The first-order valence-corrected chi connectivity index (χ1v) is 8.86. The zero-order valence-electron chi connectivity index (χ0n) is 12.3. The third kappa shape index (κ3) is 3.47. The van der Waals surface area contributed by atoms with E-state index >= 15 is 0 Å². The molecule has 1 aliphatic rings. The molecule has 0 spiro atoms. The number of carboxylic acid groups (broad SMARTS) is 1. The van der Waals surface area contributed by atoms with Crippen molar-refractivity contribution in [1.82, 2.24) is 5.32 Å². The monoisotopic (exact) mass is 325 g/mol. The summed E-state index contributed by atoms with van der Waals surface area (Å²) in [5.41, 5.74) is 0.114. The Morgan fingerprint density at radius 1 is 1.27 bits per heavy atom. The predicted molar refractivity (Wildman–Crippen MR) is 80.4 cm³/mol. The highest BCUT2D eigenvalue weighted by atomic mass is 32.2. The van der Waals surface area contributed by atoms with Gasteiger partial charge in [0, 0.05) is 6.04 Å². The summed E-state index contributed by atoms with van der Waals surface area (Å²) < 4.78 is 24.1. The number of sulfone groups is 1. The smallest absolute Gasteiger partial charge is 0.306 e. The van der Waals surface area contributed by atoms with E-state index in [1.807, 2.05) is 0 Å². The Morgan fingerprint density at radius 2 is 1.95 bits per heavy atom. The molecule has 0 saturated heterocycles. The normalized spacial score (nSPS) is 21.5. The summed E-state index contributed by atoms with van der Waals surface area (Å²) in [6.45, 7) is 1.53. The number of benzene rings is 1. The van der Waals surface area contributed by atoms with Crippen LogP contribution < -0.4 is 5.32 Å². The van der Waals surface area contributed by atoms with Crippen LogP contribution in [-0.2, 0) is 14.6 Å². The fourth-order valence-electron chi connectivity index (χ4n) is 2.68. The number of nitrogens with one attached hydrogen (secondary N) is 1. The van der Waals surface area contributed by atoms with Crippen molar-refractivity contribution in [3.63, 3.8) is 0 Å². The molecule has 0 bridgehead atoms. The van der Waals surface area contributed by atoms with Crippen molar-refractivity contribution in [3.05, 3.63) is 29.8 Å². The van der Waals surface area contributed by atoms with Crippen molar-refractivity contribution in [1.29, 1.82) is 0 Å². The van der Waals surface area contributed by atoms with Crippen molar-refractivity contribution in [2.75, 3.05) is 5.75 Å². The predicted octanol–water partition coefficient (Wildman–Crippen LogP) is 1.46. The molecule has 0 aliphatic heterocycles. The molecule has 0 unspecified atom stereocenters. The Labute approximate surface area is 129 Å². The van der Waals surface area contributed by atoms with Crippen molar-refractivity contribution < 1.29 is 23.1 Å². The minimum atomic E-state index is -3.49. The van der Waals surface area contributed by atoms with Crippen molar-refractivity contribution in [2.45, 2.75) is 37.1 Å². The number of hydrogen-bond donors (Lipinski definition) is 2. The number of carbonyl (C=O) groups excluding carboxylic acids is 1. The van der Waals surface area contributed by atoms with Gasteiger partial charge in [-0.05, 0) is 31.4 Å². The summed E-state index contributed by atoms with van der Waals surface area (Å²) >= 11 is 0. The maximum atomic E-state index is 12.3. The maximum Gasteiger partial charge on any atom is 0.306 e. The molecule has 1 aliphatic carbocycles. The summed E-state index contributed by atoms with van der Waals surface area (Å²) in [5, 5.41) is 11.7. The van der Waals surface area contributed by atoms with Gasteiger partial charge in [0.15, 0.2) is 9.84 Å². The van der Waals surface area contributed by atoms with Crippen molar-refractivity contribution in [2.24, 2.45) is 5.92 Å². The number of hydrogen-bond acceptors (Lipinski definition) is 4. The SMILES string of the molecule is CCS(=O)(=O)c1ccccc1C(=O)N[C@H]1CC[C@@H](C(=O)O)C1. The lowest BCUT2D eigenvalue weighted by Gasteiger charge is -2.14. The highest BCUT2D eigenvalue weighted by Crippen LogP contribution is 2.26. The minimum absolute atomic E-state index is 0.0165. The van der Waals surface area contributed by atoms with E-state index in [-0.39, 0.29) is 22.3 Å². The minimum Gasteiger partial charge on any atom is -0.481 e. The number of rotatable bonds is 5. The third-order valence-corrected chi connectivity index (χ3v) is 5.75. The van der Waals surface area contributed by atoms with Crippen molar-refractivity contribution in [3.8, 4) is 0 Å². The molecule has 2 rings (SSSR count). The molecular formula is C15H19NO5S. The zero-order valence-corrected chi connectivity index (χ0v) is 13.1. The molecule has 120 valence electrons. The average Bonchev–Trinajstić information content (AvgIpc) is 2.96. The third-order valence-electron chi connectivity index (χ3n) is 3.96. The van der Waals surface area contributed by atoms with Gasteiger partial charge in [-0.25, -0.2) is 8.42 Å². The van der Waals surface area contributed by atoms with Crippen LogP contribution in [0.25, 0.3) is 0 Å². The zero-order chi connectivity index (χ0) is 16.3. The van der Waals surface area contributed by atoms with Gasteiger partial charge in [-0.3, -0.25) is 9.59 Å². The first-order valence-electron chi connectivity index (χ1n) is 7.20. The van der Waals surface area contributed by atoms with Crippen LogP contribution >= 0.6 is 0 Å². The van der Waals surface area contributed by atoms with Crippen LogP contribution in [0.15, 0.2) is 29.2 Å². The van der Waals surface area contributed by atoms with Crippen LogP contribution in [0.2, 0.25) is 0 Å². The van der Waals surface area contributed by atoms with E-state index in [1.165, 1.54) is 19.1 Å². The Morgan fingerprint density at radius 3 is 2.55 bits per heavy atom. The topological polar surface area (TPSA) is 101 Å². The Bertz CT molecular complexity index is 683. The number of carboxylic acids is 1. The fraction of sp³-hybridized carbons (Fsp3) is 0.467. The Balaban J connectivity index is 2.16. The van der Waals surface area contributed by atoms with Crippen LogP contribution in [0, 0.1) is 5.92 Å². The largest absolute Gasteiger partial charge is 0.481 e. The molecule has 1 aromatic rings. The lowest BCUT2D eigenvalue weighted by Crippen LogP contribution is -2.34. The van der Waals surface area contributed by atoms with E-state index in [2.05, 4.69) is 5.32 Å². The molecule has 6 nitrogen and oxygen atoms in total. The summed E-state index contributed by atoms with van der Waals surface area (Å²) in [4.78, 5) is 23.3. The van der Waals surface area contributed by atoms with Crippen LogP contribution in [0.3, 0.4) is 0 Å². The average molecular weight is 325 g/mol. The molecule has 1 saturated carbocycles. The van der Waals surface area contributed by atoms with Gasteiger partial charge >= 0.3 is 5.97 Å². The van der Waals surface area contributed by atoms with E-state index in [1.54, 1.807) is 12.1 Å². The Kier molecular flexibility index (Phi) is 4.85. The summed E-state index contributed by atoms with van der Waals surface area (Å²) in [6.07, 6.45) is 1.49. The van der Waals surface area contributed by atoms with Gasteiger partial charge in [-0.1, -0.05) is 19.1 Å². The maximum absolute atomic E-state index is 12.3. The molecule has 2 N–H and O–H groups in total.